The molecule has 3 N–H and O–H groups in total. The molecule has 0 radical (unpaired) electrons. The number of aryl methyl sites for hydroxylation is 1. The molecular weight excluding hydrogens is 492 g/mol. The summed E-state index contributed by atoms with van der Waals surface area (Å²) in [5.41, 5.74) is 4.69. The summed E-state index contributed by atoms with van der Waals surface area (Å²) < 4.78 is 29.0. The molecule has 0 bridgehead atoms. The second-order valence-corrected chi connectivity index (χ2v) is 9.45. The summed E-state index contributed by atoms with van der Waals surface area (Å²) in [7, 11) is 3.29. The first-order valence-corrected chi connectivity index (χ1v) is 12.2. The summed E-state index contributed by atoms with van der Waals surface area (Å²) in [6, 6.07) is 19.0. The van der Waals surface area contributed by atoms with Crippen molar-refractivity contribution in [1.29, 1.82) is 0 Å². The van der Waals surface area contributed by atoms with E-state index in [4.69, 9.17) is 0 Å². The van der Waals surface area contributed by atoms with Gasteiger partial charge < -0.3 is 15.1 Å². The van der Waals surface area contributed by atoms with Gasteiger partial charge in [-0.1, -0.05) is 30.3 Å². The normalized spacial score (nSPS) is 14.6. The molecule has 0 spiro atoms. The number of hydrogen-bond acceptors (Lipinski definition) is 4. The lowest BCUT2D eigenvalue weighted by Gasteiger charge is -2.40. The maximum Gasteiger partial charge on any atom is 0.413 e. The molecule has 1 aromatic heterocycles. The van der Waals surface area contributed by atoms with Crippen LogP contribution in [0.5, 0.6) is 0 Å². The Hall–Kier alpha value is -3.86. The number of piperazine rings is 1. The van der Waals surface area contributed by atoms with Crippen LogP contribution < -0.4 is 4.90 Å². The fraction of sp³-hybridized carbons (Fsp3) is 0.286. The summed E-state index contributed by atoms with van der Waals surface area (Å²) in [4.78, 5) is 21.7. The van der Waals surface area contributed by atoms with E-state index in [1.54, 1.807) is 28.8 Å². The SMILES string of the molecule is CN(C(=O)O)c1nc2cc(CN3CCN(C(c4ccc(F)cc4)c4ccc(F)cc4)CC3)ccc2n1C.O. The van der Waals surface area contributed by atoms with Gasteiger partial charge in [-0.3, -0.25) is 14.7 Å². The zero-order valence-corrected chi connectivity index (χ0v) is 21.3. The van der Waals surface area contributed by atoms with Gasteiger partial charge in [-0.05, 0) is 53.1 Å². The number of benzene rings is 3. The minimum absolute atomic E-state index is 0. The molecule has 4 aromatic rings. The highest BCUT2D eigenvalue weighted by Crippen LogP contribution is 2.30. The molecule has 5 rings (SSSR count). The van der Waals surface area contributed by atoms with Gasteiger partial charge in [-0.2, -0.15) is 0 Å². The predicted octanol–water partition coefficient (Wildman–Crippen LogP) is 4.05. The number of halogens is 2. The second kappa shape index (κ2) is 11.3. The Morgan fingerprint density at radius 3 is 2.03 bits per heavy atom. The molecule has 1 aliphatic heterocycles. The van der Waals surface area contributed by atoms with E-state index in [0.29, 0.717) is 5.95 Å². The smallest absolute Gasteiger partial charge is 0.413 e. The third kappa shape index (κ3) is 5.52. The number of aromatic nitrogens is 2. The summed E-state index contributed by atoms with van der Waals surface area (Å²) in [5.74, 6) is -0.183. The monoisotopic (exact) mass is 523 g/mol. The molecule has 3 aromatic carbocycles. The molecule has 0 atom stereocenters. The number of anilines is 1. The molecule has 1 amide bonds. The Labute approximate surface area is 219 Å². The zero-order valence-electron chi connectivity index (χ0n) is 21.3. The maximum absolute atomic E-state index is 13.6. The lowest BCUT2D eigenvalue weighted by molar-refractivity contribution is 0.105. The zero-order chi connectivity index (χ0) is 26.1. The van der Waals surface area contributed by atoms with Gasteiger partial charge in [0.1, 0.15) is 11.6 Å². The van der Waals surface area contributed by atoms with Gasteiger partial charge in [-0.15, -0.1) is 0 Å². The average molecular weight is 524 g/mol. The highest BCUT2D eigenvalue weighted by molar-refractivity contribution is 5.87. The first kappa shape index (κ1) is 27.2. The predicted molar refractivity (Wildman–Crippen MR) is 142 cm³/mol. The largest absolute Gasteiger partial charge is 0.465 e. The van der Waals surface area contributed by atoms with Crippen molar-refractivity contribution >= 4 is 23.1 Å². The van der Waals surface area contributed by atoms with Crippen molar-refractivity contribution in [2.75, 3.05) is 38.1 Å². The van der Waals surface area contributed by atoms with Crippen LogP contribution in [0.25, 0.3) is 11.0 Å². The van der Waals surface area contributed by atoms with Crippen LogP contribution in [0.4, 0.5) is 19.5 Å². The minimum atomic E-state index is -1.06. The Bertz CT molecular complexity index is 1360. The lowest BCUT2D eigenvalue weighted by atomic mass is 9.96. The number of carbonyl (C=O) groups is 1. The van der Waals surface area contributed by atoms with Crippen molar-refractivity contribution in [2.24, 2.45) is 7.05 Å². The topological polar surface area (TPSA) is 96.3 Å². The van der Waals surface area contributed by atoms with E-state index in [2.05, 4.69) is 20.9 Å². The number of fused-ring (bicyclic) bond motifs is 1. The number of hydrogen-bond donors (Lipinski definition) is 1. The highest BCUT2D eigenvalue weighted by Gasteiger charge is 2.27. The van der Waals surface area contributed by atoms with E-state index in [1.807, 2.05) is 19.2 Å². The number of carboxylic acid groups (broad SMARTS) is 1. The van der Waals surface area contributed by atoms with Crippen LogP contribution in [0.15, 0.2) is 66.7 Å². The van der Waals surface area contributed by atoms with Crippen molar-refractivity contribution in [3.63, 3.8) is 0 Å². The molecular formula is C28H31F2N5O3. The Morgan fingerprint density at radius 1 is 0.947 bits per heavy atom. The van der Waals surface area contributed by atoms with Crippen LogP contribution in [0.2, 0.25) is 0 Å². The van der Waals surface area contributed by atoms with Gasteiger partial charge in [0.25, 0.3) is 0 Å². The van der Waals surface area contributed by atoms with Crippen molar-refractivity contribution in [2.45, 2.75) is 12.6 Å². The fourth-order valence-electron chi connectivity index (χ4n) is 5.06. The molecule has 1 saturated heterocycles. The van der Waals surface area contributed by atoms with Gasteiger partial charge >= 0.3 is 6.09 Å². The molecule has 1 fully saturated rings. The fourth-order valence-corrected chi connectivity index (χ4v) is 5.06. The van der Waals surface area contributed by atoms with Crippen molar-refractivity contribution < 1.29 is 24.2 Å². The first-order valence-electron chi connectivity index (χ1n) is 12.2. The quantitative estimate of drug-likeness (QED) is 0.411. The minimum Gasteiger partial charge on any atom is -0.465 e. The number of imidazole rings is 1. The molecule has 0 saturated carbocycles. The van der Waals surface area contributed by atoms with E-state index in [9.17, 15) is 18.7 Å². The third-order valence-electron chi connectivity index (χ3n) is 7.06. The van der Waals surface area contributed by atoms with E-state index < -0.39 is 6.09 Å². The van der Waals surface area contributed by atoms with Gasteiger partial charge in [0.05, 0.1) is 17.1 Å². The second-order valence-electron chi connectivity index (χ2n) is 9.45. The Morgan fingerprint density at radius 2 is 1.50 bits per heavy atom. The van der Waals surface area contributed by atoms with Crippen molar-refractivity contribution in [3.05, 3.63) is 95.1 Å². The van der Waals surface area contributed by atoms with Crippen LogP contribution in [0.1, 0.15) is 22.7 Å². The Kier molecular flexibility index (Phi) is 8.05. The van der Waals surface area contributed by atoms with Gasteiger partial charge in [0.15, 0.2) is 0 Å². The average Bonchev–Trinajstić information content (AvgIpc) is 3.22. The van der Waals surface area contributed by atoms with Crippen LogP contribution in [0.3, 0.4) is 0 Å². The summed E-state index contributed by atoms with van der Waals surface area (Å²) in [5, 5.41) is 9.31. The number of rotatable bonds is 6. The third-order valence-corrected chi connectivity index (χ3v) is 7.06. The molecule has 200 valence electrons. The maximum atomic E-state index is 13.6. The van der Waals surface area contributed by atoms with E-state index in [-0.39, 0.29) is 23.2 Å². The molecule has 38 heavy (non-hydrogen) atoms. The van der Waals surface area contributed by atoms with E-state index in [0.717, 1.165) is 65.3 Å². The van der Waals surface area contributed by atoms with Crippen LogP contribution in [-0.4, -0.2) is 69.3 Å². The van der Waals surface area contributed by atoms with Crippen LogP contribution in [-0.2, 0) is 13.6 Å². The molecule has 0 unspecified atom stereocenters. The van der Waals surface area contributed by atoms with Gasteiger partial charge in [0, 0.05) is 46.8 Å². The van der Waals surface area contributed by atoms with Crippen LogP contribution in [0, 0.1) is 11.6 Å². The molecule has 1 aliphatic rings. The van der Waals surface area contributed by atoms with E-state index in [1.165, 1.54) is 31.3 Å². The van der Waals surface area contributed by atoms with Crippen molar-refractivity contribution in [3.8, 4) is 0 Å². The first-order chi connectivity index (χ1) is 17.8. The van der Waals surface area contributed by atoms with Gasteiger partial charge in [-0.25, -0.2) is 18.6 Å². The summed E-state index contributed by atoms with van der Waals surface area (Å²) >= 11 is 0. The molecule has 8 nitrogen and oxygen atoms in total. The van der Waals surface area contributed by atoms with Gasteiger partial charge in [0.2, 0.25) is 5.95 Å². The highest BCUT2D eigenvalue weighted by atomic mass is 19.1. The molecule has 2 heterocycles. The van der Waals surface area contributed by atoms with E-state index >= 15 is 0 Å². The molecule has 10 heteroatoms. The Balaban J connectivity index is 0.00000336. The summed E-state index contributed by atoms with van der Waals surface area (Å²) in [6.45, 7) is 4.04. The number of nitrogens with zero attached hydrogens (tertiary/aromatic N) is 5. The van der Waals surface area contributed by atoms with Crippen molar-refractivity contribution in [1.82, 2.24) is 19.4 Å². The summed E-state index contributed by atoms with van der Waals surface area (Å²) in [6.07, 6.45) is -1.06. The van der Waals surface area contributed by atoms with Crippen LogP contribution >= 0.6 is 0 Å². The number of amides is 1. The molecule has 0 aliphatic carbocycles. The lowest BCUT2D eigenvalue weighted by Crippen LogP contribution is -2.47. The standard InChI is InChI=1S/C28H29F2N5O2.H2O/c1-32-25-12-3-19(17-24(25)31-27(32)33(2)28(36)37)18-34-13-15-35(16-14-34)26(20-4-8-22(29)9-5-20)21-6-10-23(30)11-7-21;/h3-12,17,26H,13-16,18H2,1-2H3,(H,36,37);1H2.